The summed E-state index contributed by atoms with van der Waals surface area (Å²) >= 11 is 4.98. The number of ether oxygens (including phenoxy) is 1. The standard InChI is InChI=1S/C3H6ClNO2/c4-2-7-3(6)1-5/h1-2,5H2. The first-order valence-corrected chi connectivity index (χ1v) is 2.26. The van der Waals surface area contributed by atoms with Crippen molar-refractivity contribution in [1.29, 1.82) is 0 Å². The summed E-state index contributed by atoms with van der Waals surface area (Å²) in [5.74, 6) is -0.477. The van der Waals surface area contributed by atoms with Gasteiger partial charge in [-0.15, -0.1) is 0 Å². The molecule has 0 aliphatic rings. The highest BCUT2D eigenvalue weighted by Crippen LogP contribution is 1.77. The highest BCUT2D eigenvalue weighted by Gasteiger charge is 1.92. The zero-order valence-corrected chi connectivity index (χ0v) is 4.44. The van der Waals surface area contributed by atoms with Crippen molar-refractivity contribution in [2.75, 3.05) is 12.6 Å². The number of rotatable bonds is 2. The van der Waals surface area contributed by atoms with Gasteiger partial charge in [0.2, 0.25) is 0 Å². The molecule has 0 aromatic rings. The van der Waals surface area contributed by atoms with Gasteiger partial charge in [0.25, 0.3) is 0 Å². The lowest BCUT2D eigenvalue weighted by atomic mass is 10.7. The van der Waals surface area contributed by atoms with E-state index in [1.54, 1.807) is 0 Å². The summed E-state index contributed by atoms with van der Waals surface area (Å²) in [7, 11) is 0. The van der Waals surface area contributed by atoms with E-state index >= 15 is 0 Å². The molecule has 0 saturated carbocycles. The molecule has 0 amide bonds. The lowest BCUT2D eigenvalue weighted by Crippen LogP contribution is -2.15. The lowest BCUT2D eigenvalue weighted by Gasteiger charge is -1.92. The minimum Gasteiger partial charge on any atom is -0.448 e. The summed E-state index contributed by atoms with van der Waals surface area (Å²) in [6.07, 6.45) is 0. The number of nitrogens with two attached hydrogens (primary N) is 1. The molecule has 0 unspecified atom stereocenters. The van der Waals surface area contributed by atoms with E-state index in [-0.39, 0.29) is 12.6 Å². The van der Waals surface area contributed by atoms with Crippen LogP contribution in [0, 0.1) is 0 Å². The Hall–Kier alpha value is -0.280. The first-order chi connectivity index (χ1) is 3.31. The predicted molar refractivity (Wildman–Crippen MR) is 25.9 cm³/mol. The smallest absolute Gasteiger partial charge is 0.320 e. The van der Waals surface area contributed by atoms with Crippen molar-refractivity contribution in [2.24, 2.45) is 5.73 Å². The number of esters is 1. The van der Waals surface area contributed by atoms with Gasteiger partial charge in [0.15, 0.2) is 6.07 Å². The van der Waals surface area contributed by atoms with Gasteiger partial charge in [-0.1, -0.05) is 11.6 Å². The molecule has 0 saturated heterocycles. The van der Waals surface area contributed by atoms with Crippen LogP contribution in [0.3, 0.4) is 0 Å². The van der Waals surface area contributed by atoms with Gasteiger partial charge >= 0.3 is 5.97 Å². The largest absolute Gasteiger partial charge is 0.448 e. The fraction of sp³-hybridized carbons (Fsp3) is 0.667. The second kappa shape index (κ2) is 3.89. The minimum absolute atomic E-state index is 0.104. The van der Waals surface area contributed by atoms with E-state index in [9.17, 15) is 4.79 Å². The van der Waals surface area contributed by atoms with Crippen molar-refractivity contribution >= 4 is 17.6 Å². The zero-order chi connectivity index (χ0) is 5.70. The van der Waals surface area contributed by atoms with Crippen molar-refractivity contribution in [3.63, 3.8) is 0 Å². The summed E-state index contributed by atoms with van der Waals surface area (Å²) in [6.45, 7) is -0.104. The topological polar surface area (TPSA) is 52.3 Å². The molecule has 3 nitrogen and oxygen atoms in total. The monoisotopic (exact) mass is 123 g/mol. The Labute approximate surface area is 46.4 Å². The third-order valence-corrected chi connectivity index (χ3v) is 0.491. The number of hydrogen-bond acceptors (Lipinski definition) is 3. The molecule has 0 aromatic heterocycles. The van der Waals surface area contributed by atoms with Crippen molar-refractivity contribution in [2.45, 2.75) is 0 Å². The summed E-state index contributed by atoms with van der Waals surface area (Å²) in [6, 6.07) is -0.115. The maximum atomic E-state index is 9.98. The maximum absolute atomic E-state index is 9.98. The van der Waals surface area contributed by atoms with Gasteiger partial charge in [-0.05, 0) is 0 Å². The fourth-order valence-electron chi connectivity index (χ4n) is 0.120. The first-order valence-electron chi connectivity index (χ1n) is 1.73. The normalized spacial score (nSPS) is 8.29. The molecule has 4 heteroatoms. The molecule has 0 aliphatic heterocycles. The molecule has 0 radical (unpaired) electrons. The van der Waals surface area contributed by atoms with Crippen LogP contribution in [0.2, 0.25) is 0 Å². The SMILES string of the molecule is NCC(=O)OCCl. The van der Waals surface area contributed by atoms with E-state index in [1.165, 1.54) is 0 Å². The number of halogens is 1. The van der Waals surface area contributed by atoms with Crippen LogP contribution in [-0.4, -0.2) is 18.6 Å². The Bertz CT molecular complexity index is 66.0. The molecule has 7 heavy (non-hydrogen) atoms. The molecule has 2 N–H and O–H groups in total. The van der Waals surface area contributed by atoms with Gasteiger partial charge in [-0.25, -0.2) is 0 Å². The minimum atomic E-state index is -0.477. The number of carbonyl (C=O) groups excluding carboxylic acids is 1. The molecular formula is C3H6ClNO2. The number of alkyl halides is 1. The summed E-state index contributed by atoms with van der Waals surface area (Å²) in [4.78, 5) is 9.98. The van der Waals surface area contributed by atoms with E-state index in [0.717, 1.165) is 0 Å². The zero-order valence-electron chi connectivity index (χ0n) is 3.69. The Morgan fingerprint density at radius 3 is 2.57 bits per heavy atom. The highest BCUT2D eigenvalue weighted by molar-refractivity contribution is 6.17. The Kier molecular flexibility index (Phi) is 3.74. The first kappa shape index (κ1) is 6.72. The van der Waals surface area contributed by atoms with Crippen LogP contribution in [0.1, 0.15) is 0 Å². The molecule has 0 rings (SSSR count). The van der Waals surface area contributed by atoms with Crippen LogP contribution < -0.4 is 5.73 Å². The van der Waals surface area contributed by atoms with Crippen LogP contribution in [0.4, 0.5) is 0 Å². The van der Waals surface area contributed by atoms with Crippen LogP contribution in [0.25, 0.3) is 0 Å². The molecule has 0 fully saturated rings. The summed E-state index contributed by atoms with van der Waals surface area (Å²) < 4.78 is 4.19. The van der Waals surface area contributed by atoms with E-state index in [1.807, 2.05) is 0 Å². The summed E-state index contributed by atoms with van der Waals surface area (Å²) in [5, 5.41) is 0. The molecule has 0 spiro atoms. The van der Waals surface area contributed by atoms with Crippen molar-refractivity contribution in [1.82, 2.24) is 0 Å². The van der Waals surface area contributed by atoms with Crippen LogP contribution >= 0.6 is 11.6 Å². The molecule has 0 aromatic carbocycles. The van der Waals surface area contributed by atoms with Crippen molar-refractivity contribution < 1.29 is 9.53 Å². The van der Waals surface area contributed by atoms with Crippen molar-refractivity contribution in [3.05, 3.63) is 0 Å². The Morgan fingerprint density at radius 2 is 2.43 bits per heavy atom. The molecule has 0 atom stereocenters. The highest BCUT2D eigenvalue weighted by atomic mass is 35.5. The molecule has 0 bridgehead atoms. The van der Waals surface area contributed by atoms with Gasteiger partial charge in [0.1, 0.15) is 0 Å². The van der Waals surface area contributed by atoms with Crippen LogP contribution in [0.5, 0.6) is 0 Å². The van der Waals surface area contributed by atoms with E-state index < -0.39 is 5.97 Å². The Morgan fingerprint density at radius 1 is 1.86 bits per heavy atom. The lowest BCUT2D eigenvalue weighted by molar-refractivity contribution is -0.139. The third kappa shape index (κ3) is 3.55. The fourth-order valence-corrected chi connectivity index (χ4v) is 0.241. The molecule has 0 heterocycles. The molecule has 0 aliphatic carbocycles. The third-order valence-electron chi connectivity index (χ3n) is 0.382. The van der Waals surface area contributed by atoms with Gasteiger partial charge < -0.3 is 10.5 Å². The average molecular weight is 124 g/mol. The predicted octanol–water partition coefficient (Wildman–Crippen LogP) is -0.315. The van der Waals surface area contributed by atoms with Gasteiger partial charge in [-0.2, -0.15) is 0 Å². The maximum Gasteiger partial charge on any atom is 0.320 e. The van der Waals surface area contributed by atoms with Crippen LogP contribution in [0.15, 0.2) is 0 Å². The van der Waals surface area contributed by atoms with Gasteiger partial charge in [-0.3, -0.25) is 4.79 Å². The van der Waals surface area contributed by atoms with E-state index in [2.05, 4.69) is 4.74 Å². The number of carbonyl (C=O) groups is 1. The number of hydrogen-bond donors (Lipinski definition) is 1. The average Bonchev–Trinajstić information content (AvgIpc) is 1.68. The molecular weight excluding hydrogens is 117 g/mol. The Balaban J connectivity index is 3.00. The molecule has 42 valence electrons. The quantitative estimate of drug-likeness (QED) is 0.405. The summed E-state index contributed by atoms with van der Waals surface area (Å²) in [5.41, 5.74) is 4.82. The van der Waals surface area contributed by atoms with Gasteiger partial charge in [0, 0.05) is 0 Å². The van der Waals surface area contributed by atoms with E-state index in [0.29, 0.717) is 0 Å². The van der Waals surface area contributed by atoms with Gasteiger partial charge in [0.05, 0.1) is 6.54 Å². The second-order valence-electron chi connectivity index (χ2n) is 0.830. The van der Waals surface area contributed by atoms with Crippen LogP contribution in [-0.2, 0) is 9.53 Å². The van der Waals surface area contributed by atoms with Crippen molar-refractivity contribution in [3.8, 4) is 0 Å². The van der Waals surface area contributed by atoms with E-state index in [4.69, 9.17) is 17.3 Å². The second-order valence-corrected chi connectivity index (χ2v) is 1.05.